The zero-order chi connectivity index (χ0) is 11.4. The van der Waals surface area contributed by atoms with Gasteiger partial charge in [0.05, 0.1) is 17.3 Å². The van der Waals surface area contributed by atoms with Crippen LogP contribution in [0, 0.1) is 15.9 Å². The van der Waals surface area contributed by atoms with Gasteiger partial charge in [-0.1, -0.05) is 23.6 Å². The predicted molar refractivity (Wildman–Crippen MR) is 68.4 cm³/mol. The number of carbonyl (C=O) groups is 1. The minimum absolute atomic E-state index is 0.0187. The van der Waals surface area contributed by atoms with Gasteiger partial charge in [-0.25, -0.2) is 4.79 Å². The summed E-state index contributed by atoms with van der Waals surface area (Å²) in [5.74, 6) is 2.28. The number of terminal acetylenes is 1. The van der Waals surface area contributed by atoms with Crippen LogP contribution < -0.4 is 4.90 Å². The Morgan fingerprint density at radius 3 is 2.87 bits per heavy atom. The summed E-state index contributed by atoms with van der Waals surface area (Å²) in [6.07, 6.45) is 3.98. The van der Waals surface area contributed by atoms with E-state index in [0.717, 1.165) is 8.47 Å². The second kappa shape index (κ2) is 5.24. The molecule has 0 aromatic heterocycles. The number of halogens is 2. The molecule has 1 aromatic rings. The van der Waals surface area contributed by atoms with E-state index in [4.69, 9.17) is 23.1 Å². The molecule has 0 aliphatic rings. The third-order valence-corrected chi connectivity index (χ3v) is 3.32. The van der Waals surface area contributed by atoms with Crippen LogP contribution in [0.15, 0.2) is 18.2 Å². The average Bonchev–Trinajstić information content (AvgIpc) is 2.19. The fourth-order valence-corrected chi connectivity index (χ4v) is 1.76. The van der Waals surface area contributed by atoms with E-state index < -0.39 is 6.09 Å². The molecule has 0 atom stereocenters. The Kier molecular flexibility index (Phi) is 4.24. The van der Waals surface area contributed by atoms with E-state index in [1.807, 2.05) is 22.6 Å². The highest BCUT2D eigenvalue weighted by Crippen LogP contribution is 2.30. The quantitative estimate of drug-likeness (QED) is 0.666. The maximum Gasteiger partial charge on any atom is 0.412 e. The van der Waals surface area contributed by atoms with Gasteiger partial charge in [0.1, 0.15) is 0 Å². The van der Waals surface area contributed by atoms with Crippen LogP contribution in [0.1, 0.15) is 0 Å². The Hall–Kier alpha value is -0.930. The molecule has 0 heterocycles. The lowest BCUT2D eigenvalue weighted by Gasteiger charge is -2.18. The summed E-state index contributed by atoms with van der Waals surface area (Å²) < 4.78 is 0.787. The minimum Gasteiger partial charge on any atom is -0.465 e. The molecule has 0 fully saturated rings. The van der Waals surface area contributed by atoms with Crippen molar-refractivity contribution in [1.82, 2.24) is 0 Å². The topological polar surface area (TPSA) is 40.5 Å². The summed E-state index contributed by atoms with van der Waals surface area (Å²) in [7, 11) is 0. The summed E-state index contributed by atoms with van der Waals surface area (Å²) in [5.41, 5.74) is 0.411. The van der Waals surface area contributed by atoms with Gasteiger partial charge in [0.25, 0.3) is 0 Å². The van der Waals surface area contributed by atoms with E-state index >= 15 is 0 Å². The molecule has 1 N–H and O–H groups in total. The van der Waals surface area contributed by atoms with Crippen LogP contribution in [-0.4, -0.2) is 17.7 Å². The summed E-state index contributed by atoms with van der Waals surface area (Å²) >= 11 is 8.02. The number of nitrogens with zero attached hydrogens (tertiary/aromatic N) is 1. The number of anilines is 1. The Morgan fingerprint density at radius 1 is 1.67 bits per heavy atom. The van der Waals surface area contributed by atoms with Gasteiger partial charge in [-0.3, -0.25) is 4.90 Å². The molecule has 15 heavy (non-hydrogen) atoms. The molecule has 78 valence electrons. The van der Waals surface area contributed by atoms with E-state index in [-0.39, 0.29) is 6.54 Å². The maximum atomic E-state index is 10.9. The van der Waals surface area contributed by atoms with E-state index in [1.54, 1.807) is 18.2 Å². The number of rotatable bonds is 2. The maximum absolute atomic E-state index is 10.9. The number of hydrogen-bond donors (Lipinski definition) is 1. The van der Waals surface area contributed by atoms with E-state index in [1.165, 1.54) is 0 Å². The van der Waals surface area contributed by atoms with Crippen LogP contribution in [0.2, 0.25) is 5.02 Å². The van der Waals surface area contributed by atoms with Crippen molar-refractivity contribution in [3.63, 3.8) is 0 Å². The summed E-state index contributed by atoms with van der Waals surface area (Å²) in [4.78, 5) is 12.0. The number of hydrogen-bond acceptors (Lipinski definition) is 1. The third kappa shape index (κ3) is 2.76. The smallest absolute Gasteiger partial charge is 0.412 e. The Balaban J connectivity index is 3.18. The van der Waals surface area contributed by atoms with Gasteiger partial charge in [0, 0.05) is 3.57 Å². The molecule has 5 heteroatoms. The molecule has 0 aliphatic heterocycles. The largest absolute Gasteiger partial charge is 0.465 e. The van der Waals surface area contributed by atoms with Gasteiger partial charge in [0.15, 0.2) is 0 Å². The Labute approximate surface area is 106 Å². The summed E-state index contributed by atoms with van der Waals surface area (Å²) in [5, 5.41) is 9.34. The molecule has 0 saturated heterocycles. The van der Waals surface area contributed by atoms with Crippen molar-refractivity contribution >= 4 is 46.0 Å². The van der Waals surface area contributed by atoms with Gasteiger partial charge >= 0.3 is 6.09 Å². The zero-order valence-corrected chi connectivity index (χ0v) is 10.5. The Bertz CT molecular complexity index is 428. The van der Waals surface area contributed by atoms with Gasteiger partial charge in [-0.2, -0.15) is 0 Å². The third-order valence-electron chi connectivity index (χ3n) is 1.70. The van der Waals surface area contributed by atoms with Crippen molar-refractivity contribution in [2.45, 2.75) is 0 Å². The normalized spacial score (nSPS) is 9.40. The van der Waals surface area contributed by atoms with Gasteiger partial charge in [0.2, 0.25) is 0 Å². The van der Waals surface area contributed by atoms with E-state index in [2.05, 4.69) is 5.92 Å². The molecular weight excluding hydrogens is 328 g/mol. The lowest BCUT2D eigenvalue weighted by molar-refractivity contribution is 0.202. The number of benzene rings is 1. The van der Waals surface area contributed by atoms with Crippen molar-refractivity contribution in [1.29, 1.82) is 0 Å². The first kappa shape index (κ1) is 12.1. The Morgan fingerprint density at radius 2 is 2.33 bits per heavy atom. The van der Waals surface area contributed by atoms with E-state index in [9.17, 15) is 4.79 Å². The second-order valence-corrected chi connectivity index (χ2v) is 4.19. The number of carboxylic acid groups (broad SMARTS) is 1. The first-order valence-corrected chi connectivity index (χ1v) is 5.41. The van der Waals surface area contributed by atoms with Crippen LogP contribution in [0.3, 0.4) is 0 Å². The highest BCUT2D eigenvalue weighted by molar-refractivity contribution is 14.1. The van der Waals surface area contributed by atoms with E-state index in [0.29, 0.717) is 10.7 Å². The monoisotopic (exact) mass is 335 g/mol. The molecular formula is C10H7ClINO2. The fourth-order valence-electron chi connectivity index (χ4n) is 1.05. The zero-order valence-electron chi connectivity index (χ0n) is 7.58. The van der Waals surface area contributed by atoms with Crippen LogP contribution >= 0.6 is 34.2 Å². The lowest BCUT2D eigenvalue weighted by atomic mass is 10.3. The van der Waals surface area contributed by atoms with Crippen LogP contribution in [0.5, 0.6) is 0 Å². The second-order valence-electron chi connectivity index (χ2n) is 2.65. The molecule has 1 rings (SSSR count). The lowest BCUT2D eigenvalue weighted by Crippen LogP contribution is -2.29. The van der Waals surface area contributed by atoms with Crippen LogP contribution in [-0.2, 0) is 0 Å². The molecule has 3 nitrogen and oxygen atoms in total. The van der Waals surface area contributed by atoms with Crippen molar-refractivity contribution in [2.75, 3.05) is 11.4 Å². The molecule has 0 unspecified atom stereocenters. The summed E-state index contributed by atoms with van der Waals surface area (Å²) in [6.45, 7) is -0.0187. The van der Waals surface area contributed by atoms with Gasteiger partial charge in [-0.15, -0.1) is 6.42 Å². The average molecular weight is 336 g/mol. The summed E-state index contributed by atoms with van der Waals surface area (Å²) in [6, 6.07) is 5.15. The standard InChI is InChI=1S/C10H7ClINO2/c1-2-6-13(10(14)15)8-5-3-4-7(12)9(8)11/h1,3-5H,6H2,(H,14,15). The van der Waals surface area contributed by atoms with Crippen LogP contribution in [0.4, 0.5) is 10.5 Å². The van der Waals surface area contributed by atoms with Crippen molar-refractivity contribution in [3.05, 3.63) is 26.8 Å². The molecule has 0 bridgehead atoms. The molecule has 0 saturated carbocycles. The molecule has 1 amide bonds. The highest BCUT2D eigenvalue weighted by atomic mass is 127. The van der Waals surface area contributed by atoms with Crippen LogP contribution in [0.25, 0.3) is 0 Å². The molecule has 0 radical (unpaired) electrons. The van der Waals surface area contributed by atoms with Crippen molar-refractivity contribution in [3.8, 4) is 12.3 Å². The highest BCUT2D eigenvalue weighted by Gasteiger charge is 2.17. The van der Waals surface area contributed by atoms with Crippen molar-refractivity contribution < 1.29 is 9.90 Å². The van der Waals surface area contributed by atoms with Gasteiger partial charge in [-0.05, 0) is 34.7 Å². The number of amides is 1. The molecule has 1 aromatic carbocycles. The molecule has 0 aliphatic carbocycles. The van der Waals surface area contributed by atoms with Crippen molar-refractivity contribution in [2.24, 2.45) is 0 Å². The minimum atomic E-state index is -1.11. The fraction of sp³-hybridized carbons (Fsp3) is 0.100. The first-order valence-electron chi connectivity index (χ1n) is 3.96. The van der Waals surface area contributed by atoms with Gasteiger partial charge < -0.3 is 5.11 Å². The molecule has 0 spiro atoms. The predicted octanol–water partition coefficient (Wildman–Crippen LogP) is 3.06. The first-order chi connectivity index (χ1) is 7.07. The SMILES string of the molecule is C#CCN(C(=O)O)c1cccc(I)c1Cl.